The molecule has 0 fully saturated rings. The van der Waals surface area contributed by atoms with Gasteiger partial charge in [0.1, 0.15) is 0 Å². The van der Waals surface area contributed by atoms with E-state index in [1.807, 2.05) is 11.4 Å². The summed E-state index contributed by atoms with van der Waals surface area (Å²) in [5, 5.41) is 1.92. The summed E-state index contributed by atoms with van der Waals surface area (Å²) in [4.78, 5) is 21.7. The predicted molar refractivity (Wildman–Crippen MR) is 50.5 cm³/mol. The summed E-state index contributed by atoms with van der Waals surface area (Å²) in [5.74, 6) is 0. The van der Waals surface area contributed by atoms with Crippen LogP contribution in [0, 0.1) is 0 Å². The van der Waals surface area contributed by atoms with E-state index in [0.717, 1.165) is 22.0 Å². The molecular weight excluding hydrogens is 192 g/mol. The Morgan fingerprint density at radius 1 is 1.25 bits per heavy atom. The Labute approximate surface area is 76.4 Å². The van der Waals surface area contributed by atoms with Crippen molar-refractivity contribution in [1.82, 2.24) is 0 Å². The van der Waals surface area contributed by atoms with Crippen LogP contribution in [0.2, 0.25) is 0 Å². The summed E-state index contributed by atoms with van der Waals surface area (Å²) in [7, 11) is 0. The van der Waals surface area contributed by atoms with Crippen LogP contribution in [0.5, 0.6) is 0 Å². The molecule has 0 saturated heterocycles. The molecule has 0 bridgehead atoms. The van der Waals surface area contributed by atoms with Crippen LogP contribution in [0.25, 0.3) is 9.40 Å². The third kappa shape index (κ3) is 0.922. The number of thiophene rings is 2. The van der Waals surface area contributed by atoms with Crippen molar-refractivity contribution in [1.29, 1.82) is 0 Å². The monoisotopic (exact) mass is 196 g/mol. The summed E-state index contributed by atoms with van der Waals surface area (Å²) in [6.07, 6.45) is 1.49. The van der Waals surface area contributed by atoms with Crippen LogP contribution in [0.15, 0.2) is 11.4 Å². The Morgan fingerprint density at radius 3 is 2.75 bits per heavy atom. The lowest BCUT2D eigenvalue weighted by atomic mass is 10.3. The highest BCUT2D eigenvalue weighted by atomic mass is 32.1. The highest BCUT2D eigenvalue weighted by molar-refractivity contribution is 7.28. The Bertz CT molecular complexity index is 439. The number of carbonyl (C=O) groups excluding carboxylic acids is 2. The highest BCUT2D eigenvalue weighted by Crippen LogP contribution is 2.33. The quantitative estimate of drug-likeness (QED) is 0.692. The van der Waals surface area contributed by atoms with Gasteiger partial charge in [-0.25, -0.2) is 0 Å². The van der Waals surface area contributed by atoms with E-state index in [1.54, 1.807) is 0 Å². The molecular formula is C8H4O2S2. The molecule has 0 unspecified atom stereocenters. The van der Waals surface area contributed by atoms with Crippen LogP contribution in [-0.4, -0.2) is 12.6 Å². The number of hydrogen-bond acceptors (Lipinski definition) is 4. The van der Waals surface area contributed by atoms with Crippen LogP contribution in [0.4, 0.5) is 0 Å². The van der Waals surface area contributed by atoms with E-state index < -0.39 is 0 Å². The smallest absolute Gasteiger partial charge is 0.160 e. The zero-order valence-corrected chi connectivity index (χ0v) is 7.58. The third-order valence-corrected chi connectivity index (χ3v) is 3.76. The fourth-order valence-electron chi connectivity index (χ4n) is 1.06. The average molecular weight is 196 g/mol. The molecule has 0 aromatic carbocycles. The number of fused-ring (bicyclic) bond motifs is 1. The third-order valence-electron chi connectivity index (χ3n) is 1.58. The molecule has 2 rings (SSSR count). The first-order chi connectivity index (χ1) is 5.86. The minimum atomic E-state index is 0.534. The fraction of sp³-hybridized carbons (Fsp3) is 0. The van der Waals surface area contributed by atoms with Gasteiger partial charge in [-0.1, -0.05) is 0 Å². The molecule has 0 amide bonds. The van der Waals surface area contributed by atoms with Gasteiger partial charge in [0.2, 0.25) is 0 Å². The van der Waals surface area contributed by atoms with E-state index in [0.29, 0.717) is 10.4 Å². The lowest BCUT2D eigenvalue weighted by molar-refractivity contribution is 0.109. The number of carbonyl (C=O) groups is 2. The van der Waals surface area contributed by atoms with E-state index in [1.165, 1.54) is 22.7 Å². The maximum absolute atomic E-state index is 10.6. The number of rotatable bonds is 2. The summed E-state index contributed by atoms with van der Waals surface area (Å²) >= 11 is 2.86. The molecule has 0 aliphatic rings. The van der Waals surface area contributed by atoms with E-state index in [9.17, 15) is 9.59 Å². The van der Waals surface area contributed by atoms with Gasteiger partial charge in [-0.2, -0.15) is 0 Å². The van der Waals surface area contributed by atoms with Crippen molar-refractivity contribution >= 4 is 44.6 Å². The zero-order valence-electron chi connectivity index (χ0n) is 5.94. The minimum Gasteiger partial charge on any atom is -0.298 e. The first kappa shape index (κ1) is 7.64. The predicted octanol–water partition coefficient (Wildman–Crippen LogP) is 2.59. The molecule has 0 aliphatic heterocycles. The molecule has 2 heterocycles. The minimum absolute atomic E-state index is 0.534. The standard InChI is InChI=1S/C8H4O2S2/c9-3-5-7(4-10)12-6-1-2-11-8(5)6/h1-4H. The summed E-state index contributed by atoms with van der Waals surface area (Å²) in [5.41, 5.74) is 0.542. The van der Waals surface area contributed by atoms with Crippen molar-refractivity contribution in [2.24, 2.45) is 0 Å². The second kappa shape index (κ2) is 2.80. The first-order valence-corrected chi connectivity index (χ1v) is 4.96. The van der Waals surface area contributed by atoms with Gasteiger partial charge in [0.05, 0.1) is 15.1 Å². The van der Waals surface area contributed by atoms with Gasteiger partial charge < -0.3 is 0 Å². The van der Waals surface area contributed by atoms with Crippen LogP contribution in [0.3, 0.4) is 0 Å². The second-order valence-corrected chi connectivity index (χ2v) is 4.23. The van der Waals surface area contributed by atoms with Gasteiger partial charge in [-0.3, -0.25) is 9.59 Å². The highest BCUT2D eigenvalue weighted by Gasteiger charge is 2.10. The number of hydrogen-bond donors (Lipinski definition) is 0. The Balaban J connectivity index is 2.86. The SMILES string of the molecule is O=Cc1sc2ccsc2c1C=O. The van der Waals surface area contributed by atoms with Crippen LogP contribution in [0.1, 0.15) is 20.0 Å². The molecule has 0 radical (unpaired) electrons. The molecule has 12 heavy (non-hydrogen) atoms. The maximum atomic E-state index is 10.6. The Hall–Kier alpha value is -1.00. The molecule has 2 nitrogen and oxygen atoms in total. The van der Waals surface area contributed by atoms with Gasteiger partial charge in [0.25, 0.3) is 0 Å². The lowest BCUT2D eigenvalue weighted by Crippen LogP contribution is -1.80. The fourth-order valence-corrected chi connectivity index (χ4v) is 3.17. The zero-order chi connectivity index (χ0) is 8.55. The van der Waals surface area contributed by atoms with Gasteiger partial charge in [-0.05, 0) is 11.4 Å². The average Bonchev–Trinajstić information content (AvgIpc) is 2.61. The van der Waals surface area contributed by atoms with Crippen LogP contribution in [-0.2, 0) is 0 Å². The molecule has 0 saturated carbocycles. The van der Waals surface area contributed by atoms with Crippen molar-refractivity contribution in [2.45, 2.75) is 0 Å². The van der Waals surface area contributed by atoms with E-state index in [2.05, 4.69) is 0 Å². The van der Waals surface area contributed by atoms with E-state index >= 15 is 0 Å². The van der Waals surface area contributed by atoms with E-state index in [4.69, 9.17) is 0 Å². The van der Waals surface area contributed by atoms with Gasteiger partial charge in [0, 0.05) is 4.70 Å². The van der Waals surface area contributed by atoms with Crippen molar-refractivity contribution < 1.29 is 9.59 Å². The van der Waals surface area contributed by atoms with E-state index in [-0.39, 0.29) is 0 Å². The Kier molecular flexibility index (Phi) is 1.78. The molecule has 0 aliphatic carbocycles. The largest absolute Gasteiger partial charge is 0.298 e. The lowest BCUT2D eigenvalue weighted by Gasteiger charge is -1.81. The van der Waals surface area contributed by atoms with Crippen molar-refractivity contribution in [3.8, 4) is 0 Å². The number of aldehydes is 2. The molecule has 0 spiro atoms. The van der Waals surface area contributed by atoms with Crippen LogP contribution < -0.4 is 0 Å². The second-order valence-electron chi connectivity index (χ2n) is 2.23. The first-order valence-electron chi connectivity index (χ1n) is 3.27. The van der Waals surface area contributed by atoms with Gasteiger partial charge >= 0.3 is 0 Å². The summed E-state index contributed by atoms with van der Waals surface area (Å²) in [6, 6.07) is 1.92. The topological polar surface area (TPSA) is 34.1 Å². The normalized spacial score (nSPS) is 10.3. The van der Waals surface area contributed by atoms with Crippen molar-refractivity contribution in [3.05, 3.63) is 21.9 Å². The van der Waals surface area contributed by atoms with Crippen LogP contribution >= 0.6 is 22.7 Å². The van der Waals surface area contributed by atoms with Crippen molar-refractivity contribution in [3.63, 3.8) is 0 Å². The van der Waals surface area contributed by atoms with Gasteiger partial charge in [0.15, 0.2) is 12.6 Å². The molecule has 4 heteroatoms. The molecule has 0 N–H and O–H groups in total. The summed E-state index contributed by atoms with van der Waals surface area (Å²) < 4.78 is 1.95. The summed E-state index contributed by atoms with van der Waals surface area (Å²) in [6.45, 7) is 0. The Morgan fingerprint density at radius 2 is 2.08 bits per heavy atom. The maximum Gasteiger partial charge on any atom is 0.160 e. The molecule has 0 atom stereocenters. The van der Waals surface area contributed by atoms with Crippen molar-refractivity contribution in [2.75, 3.05) is 0 Å². The molecule has 2 aromatic rings. The van der Waals surface area contributed by atoms with Gasteiger partial charge in [-0.15, -0.1) is 22.7 Å². The molecule has 60 valence electrons. The molecule has 2 aromatic heterocycles.